The van der Waals surface area contributed by atoms with Crippen molar-refractivity contribution in [2.45, 2.75) is 26.3 Å². The van der Waals surface area contributed by atoms with E-state index >= 15 is 0 Å². The van der Waals surface area contributed by atoms with E-state index in [-0.39, 0.29) is 5.54 Å². The second kappa shape index (κ2) is 5.15. The van der Waals surface area contributed by atoms with Gasteiger partial charge in [0.25, 0.3) is 0 Å². The number of aryl methyl sites for hydroxylation is 1. The third kappa shape index (κ3) is 3.19. The monoisotopic (exact) mass is 285 g/mol. The van der Waals surface area contributed by atoms with Gasteiger partial charge in [0.1, 0.15) is 5.82 Å². The number of hydrogen-bond donors (Lipinski definition) is 1. The van der Waals surface area contributed by atoms with Gasteiger partial charge in [0.05, 0.1) is 4.47 Å². The molecular formula is C12H20BrN3. The first-order valence-corrected chi connectivity index (χ1v) is 6.16. The Balaban J connectivity index is 2.72. The number of halogens is 1. The topological polar surface area (TPSA) is 28.2 Å². The van der Waals surface area contributed by atoms with E-state index in [0.717, 1.165) is 16.8 Å². The molecule has 0 aliphatic carbocycles. The van der Waals surface area contributed by atoms with Crippen LogP contribution in [0.2, 0.25) is 0 Å². The lowest BCUT2D eigenvalue weighted by Gasteiger charge is -2.33. The minimum Gasteiger partial charge on any atom is -0.367 e. The third-order valence-corrected chi connectivity index (χ3v) is 3.98. The summed E-state index contributed by atoms with van der Waals surface area (Å²) in [7, 11) is 4.17. The Labute approximate surface area is 106 Å². The average Bonchev–Trinajstić information content (AvgIpc) is 2.20. The normalized spacial score (nSPS) is 11.9. The van der Waals surface area contributed by atoms with E-state index in [1.165, 1.54) is 5.56 Å². The number of rotatable bonds is 4. The van der Waals surface area contributed by atoms with Crippen LogP contribution in [0.5, 0.6) is 0 Å². The maximum Gasteiger partial charge on any atom is 0.140 e. The molecule has 0 aliphatic rings. The third-order valence-electron chi connectivity index (χ3n) is 2.98. The van der Waals surface area contributed by atoms with E-state index in [4.69, 9.17) is 0 Å². The zero-order valence-corrected chi connectivity index (χ0v) is 12.2. The Hall–Kier alpha value is -0.610. The molecule has 4 heteroatoms. The molecular weight excluding hydrogens is 266 g/mol. The quantitative estimate of drug-likeness (QED) is 0.922. The summed E-state index contributed by atoms with van der Waals surface area (Å²) in [6, 6.07) is 1.99. The molecule has 0 fully saturated rings. The van der Waals surface area contributed by atoms with E-state index in [9.17, 15) is 0 Å². The molecule has 1 aromatic rings. The number of aromatic nitrogens is 1. The first kappa shape index (κ1) is 13.5. The van der Waals surface area contributed by atoms with Crippen molar-refractivity contribution in [3.63, 3.8) is 0 Å². The van der Waals surface area contributed by atoms with Crippen molar-refractivity contribution in [3.05, 3.63) is 22.3 Å². The predicted octanol–water partition coefficient (Wildman–Crippen LogP) is 2.90. The number of nitrogens with one attached hydrogen (secondary N) is 1. The number of likely N-dealkylation sites (N-methyl/N-ethyl adjacent to an activating group) is 1. The van der Waals surface area contributed by atoms with Gasteiger partial charge in [0, 0.05) is 18.3 Å². The van der Waals surface area contributed by atoms with Crippen LogP contribution >= 0.6 is 15.9 Å². The van der Waals surface area contributed by atoms with Crippen LogP contribution in [-0.4, -0.2) is 36.1 Å². The minimum atomic E-state index is 0.102. The molecule has 0 spiro atoms. The first-order valence-electron chi connectivity index (χ1n) is 5.37. The highest BCUT2D eigenvalue weighted by Gasteiger charge is 2.20. The van der Waals surface area contributed by atoms with Crippen LogP contribution in [0.25, 0.3) is 0 Å². The predicted molar refractivity (Wildman–Crippen MR) is 72.9 cm³/mol. The summed E-state index contributed by atoms with van der Waals surface area (Å²) in [4.78, 5) is 6.52. The highest BCUT2D eigenvalue weighted by atomic mass is 79.9. The fourth-order valence-corrected chi connectivity index (χ4v) is 1.50. The maximum absolute atomic E-state index is 4.33. The van der Waals surface area contributed by atoms with Crippen LogP contribution in [0.3, 0.4) is 0 Å². The van der Waals surface area contributed by atoms with E-state index in [1.807, 2.05) is 12.3 Å². The fraction of sp³-hybridized carbons (Fsp3) is 0.583. The molecule has 0 bridgehead atoms. The molecule has 0 aromatic carbocycles. The van der Waals surface area contributed by atoms with Gasteiger partial charge in [-0.3, -0.25) is 0 Å². The lowest BCUT2D eigenvalue weighted by molar-refractivity contribution is 0.210. The Morgan fingerprint density at radius 2 is 2.06 bits per heavy atom. The van der Waals surface area contributed by atoms with E-state index in [2.05, 4.69) is 66.0 Å². The Bertz CT molecular complexity index is 361. The molecule has 0 radical (unpaired) electrons. The second-order valence-corrected chi connectivity index (χ2v) is 5.64. The summed E-state index contributed by atoms with van der Waals surface area (Å²) in [5.41, 5.74) is 1.30. The molecule has 0 atom stereocenters. The van der Waals surface area contributed by atoms with Gasteiger partial charge >= 0.3 is 0 Å². The zero-order chi connectivity index (χ0) is 12.3. The van der Waals surface area contributed by atoms with Gasteiger partial charge < -0.3 is 10.2 Å². The minimum absolute atomic E-state index is 0.102. The highest BCUT2D eigenvalue weighted by Crippen LogP contribution is 2.24. The van der Waals surface area contributed by atoms with Gasteiger partial charge in [-0.15, -0.1) is 0 Å². The average molecular weight is 286 g/mol. The summed E-state index contributed by atoms with van der Waals surface area (Å²) < 4.78 is 1.05. The lowest BCUT2D eigenvalue weighted by Crippen LogP contribution is -2.44. The van der Waals surface area contributed by atoms with Crippen molar-refractivity contribution in [2.24, 2.45) is 0 Å². The molecule has 1 N–H and O–H groups in total. The van der Waals surface area contributed by atoms with Crippen molar-refractivity contribution in [1.82, 2.24) is 9.88 Å². The summed E-state index contributed by atoms with van der Waals surface area (Å²) in [6.45, 7) is 7.32. The molecule has 0 saturated heterocycles. The summed E-state index contributed by atoms with van der Waals surface area (Å²) >= 11 is 3.55. The van der Waals surface area contributed by atoms with Gasteiger partial charge in [-0.25, -0.2) is 4.98 Å². The van der Waals surface area contributed by atoms with Crippen LogP contribution in [0, 0.1) is 6.92 Å². The summed E-state index contributed by atoms with van der Waals surface area (Å²) in [5.74, 6) is 0.912. The first-order chi connectivity index (χ1) is 7.34. The number of hydrogen-bond acceptors (Lipinski definition) is 3. The molecule has 0 unspecified atom stereocenters. The largest absolute Gasteiger partial charge is 0.367 e. The fourth-order valence-electron chi connectivity index (χ4n) is 1.12. The van der Waals surface area contributed by atoms with Crippen LogP contribution in [-0.2, 0) is 0 Å². The van der Waals surface area contributed by atoms with Crippen molar-refractivity contribution in [1.29, 1.82) is 0 Å². The molecule has 90 valence electrons. The van der Waals surface area contributed by atoms with E-state index in [0.29, 0.717) is 0 Å². The number of nitrogens with zero attached hydrogens (tertiary/aromatic N) is 2. The number of anilines is 1. The molecule has 3 nitrogen and oxygen atoms in total. The van der Waals surface area contributed by atoms with Crippen molar-refractivity contribution >= 4 is 21.7 Å². The summed E-state index contributed by atoms with van der Waals surface area (Å²) in [5, 5.41) is 3.38. The molecule has 16 heavy (non-hydrogen) atoms. The van der Waals surface area contributed by atoms with Gasteiger partial charge in [-0.1, -0.05) is 0 Å². The van der Waals surface area contributed by atoms with Gasteiger partial charge in [-0.05, 0) is 62.4 Å². The maximum atomic E-state index is 4.33. The molecule has 0 saturated carbocycles. The smallest absolute Gasteiger partial charge is 0.140 e. The Morgan fingerprint density at radius 3 is 2.62 bits per heavy atom. The number of pyridine rings is 1. The van der Waals surface area contributed by atoms with E-state index in [1.54, 1.807) is 0 Å². The Morgan fingerprint density at radius 1 is 1.44 bits per heavy atom. The molecule has 0 amide bonds. The molecule has 1 rings (SSSR count). The van der Waals surface area contributed by atoms with Gasteiger partial charge in [0.15, 0.2) is 0 Å². The zero-order valence-electron chi connectivity index (χ0n) is 10.6. The van der Waals surface area contributed by atoms with Gasteiger partial charge in [0.2, 0.25) is 0 Å². The van der Waals surface area contributed by atoms with Crippen LogP contribution in [0.15, 0.2) is 16.7 Å². The lowest BCUT2D eigenvalue weighted by atomic mass is 10.0. The highest BCUT2D eigenvalue weighted by molar-refractivity contribution is 9.10. The Kier molecular flexibility index (Phi) is 4.33. The summed E-state index contributed by atoms with van der Waals surface area (Å²) in [6.07, 6.45) is 1.82. The van der Waals surface area contributed by atoms with Crippen LogP contribution < -0.4 is 5.32 Å². The van der Waals surface area contributed by atoms with Crippen LogP contribution in [0.1, 0.15) is 19.4 Å². The molecule has 0 aliphatic heterocycles. The van der Waals surface area contributed by atoms with Crippen molar-refractivity contribution < 1.29 is 0 Å². The standard InChI is InChI=1S/C12H20BrN3/c1-9-6-7-14-11(10(9)13)15-8-12(2,3)16(4)5/h6-7H,8H2,1-5H3,(H,14,15). The molecule has 1 aromatic heterocycles. The second-order valence-electron chi connectivity index (χ2n) is 4.85. The van der Waals surface area contributed by atoms with Crippen molar-refractivity contribution in [2.75, 3.05) is 26.0 Å². The molecule has 1 heterocycles. The van der Waals surface area contributed by atoms with Gasteiger partial charge in [-0.2, -0.15) is 0 Å². The SMILES string of the molecule is Cc1ccnc(NCC(C)(C)N(C)C)c1Br. The van der Waals surface area contributed by atoms with Crippen LogP contribution in [0.4, 0.5) is 5.82 Å². The van der Waals surface area contributed by atoms with Crippen molar-refractivity contribution in [3.8, 4) is 0 Å². The van der Waals surface area contributed by atoms with E-state index < -0.39 is 0 Å².